The van der Waals surface area contributed by atoms with Crippen LogP contribution in [0.4, 0.5) is 14.5 Å². The number of nitrogens with two attached hydrogens (primary N) is 1. The molecule has 4 radical (unpaired) electrons. The Morgan fingerprint density at radius 2 is 1.81 bits per heavy atom. The molecule has 0 atom stereocenters. The summed E-state index contributed by atoms with van der Waals surface area (Å²) in [5.41, 5.74) is 6.96. The SMILES string of the molecule is [B]C([B])(c1cc(Cl)ccc1N)N1CCN(C(=O)CNC(=O)CC2CCC(F)(F)CC2)CC1. The summed E-state index contributed by atoms with van der Waals surface area (Å²) in [5.74, 6) is -3.18. The zero-order valence-electron chi connectivity index (χ0n) is 18.0. The molecule has 1 aliphatic heterocycles. The smallest absolute Gasteiger partial charge is 0.248 e. The van der Waals surface area contributed by atoms with Gasteiger partial charge in [-0.3, -0.25) is 9.59 Å². The van der Waals surface area contributed by atoms with Crippen LogP contribution in [-0.4, -0.2) is 76.0 Å². The van der Waals surface area contributed by atoms with E-state index in [-0.39, 0.29) is 43.5 Å². The Labute approximate surface area is 195 Å². The van der Waals surface area contributed by atoms with E-state index >= 15 is 0 Å². The maximum atomic E-state index is 13.2. The minimum atomic E-state index is -2.62. The summed E-state index contributed by atoms with van der Waals surface area (Å²) in [7, 11) is 12.7. The first kappa shape index (κ1) is 24.8. The Kier molecular flexibility index (Phi) is 7.76. The third-order valence-corrected chi connectivity index (χ3v) is 6.59. The van der Waals surface area contributed by atoms with Crippen molar-refractivity contribution in [2.75, 3.05) is 38.5 Å². The van der Waals surface area contributed by atoms with E-state index in [9.17, 15) is 18.4 Å². The molecule has 2 aliphatic rings. The molecule has 2 fully saturated rings. The molecule has 1 saturated heterocycles. The van der Waals surface area contributed by atoms with E-state index in [2.05, 4.69) is 5.32 Å². The van der Waals surface area contributed by atoms with Gasteiger partial charge in [0.15, 0.2) is 0 Å². The van der Waals surface area contributed by atoms with Crippen molar-refractivity contribution < 1.29 is 18.4 Å². The van der Waals surface area contributed by atoms with Gasteiger partial charge in [-0.1, -0.05) is 11.6 Å². The van der Waals surface area contributed by atoms with Gasteiger partial charge in [0, 0.05) is 56.2 Å². The average molecular weight is 463 g/mol. The number of hydrogen-bond acceptors (Lipinski definition) is 4. The van der Waals surface area contributed by atoms with E-state index in [1.165, 1.54) is 0 Å². The second-order valence-corrected chi connectivity index (χ2v) is 9.14. The van der Waals surface area contributed by atoms with Crippen LogP contribution in [0.3, 0.4) is 0 Å². The molecule has 11 heteroatoms. The molecule has 0 unspecified atom stereocenters. The number of anilines is 1. The summed E-state index contributed by atoms with van der Waals surface area (Å²) >= 11 is 6.05. The van der Waals surface area contributed by atoms with Crippen LogP contribution < -0.4 is 11.1 Å². The van der Waals surface area contributed by atoms with Crippen molar-refractivity contribution in [3.05, 3.63) is 28.8 Å². The third kappa shape index (κ3) is 6.16. The lowest BCUT2D eigenvalue weighted by atomic mass is 9.56. The van der Waals surface area contributed by atoms with Crippen molar-refractivity contribution in [1.29, 1.82) is 0 Å². The number of rotatable bonds is 6. The Morgan fingerprint density at radius 1 is 1.19 bits per heavy atom. The maximum absolute atomic E-state index is 13.2. The predicted molar refractivity (Wildman–Crippen MR) is 122 cm³/mol. The number of nitrogens with one attached hydrogen (secondary N) is 1. The monoisotopic (exact) mass is 462 g/mol. The lowest BCUT2D eigenvalue weighted by Gasteiger charge is -2.46. The molecule has 0 aromatic heterocycles. The summed E-state index contributed by atoms with van der Waals surface area (Å²) in [4.78, 5) is 28.1. The largest absolute Gasteiger partial charge is 0.398 e. The van der Waals surface area contributed by atoms with Gasteiger partial charge in [0.2, 0.25) is 17.7 Å². The Bertz CT molecular complexity index is 841. The van der Waals surface area contributed by atoms with Gasteiger partial charge in [0.25, 0.3) is 0 Å². The zero-order chi connectivity index (χ0) is 23.5. The number of nitrogens with zero attached hydrogens (tertiary/aromatic N) is 2. The molecular formula is C21H27B2ClF2N4O2. The predicted octanol–water partition coefficient (Wildman–Crippen LogP) is 1.85. The van der Waals surface area contributed by atoms with Gasteiger partial charge < -0.3 is 20.9 Å². The van der Waals surface area contributed by atoms with Gasteiger partial charge in [-0.25, -0.2) is 8.78 Å². The molecule has 0 spiro atoms. The topological polar surface area (TPSA) is 78.7 Å². The van der Waals surface area contributed by atoms with E-state index in [4.69, 9.17) is 33.0 Å². The lowest BCUT2D eigenvalue weighted by molar-refractivity contribution is -0.134. The lowest BCUT2D eigenvalue weighted by Crippen LogP contribution is -2.58. The fourth-order valence-electron chi connectivity index (χ4n) is 4.30. The van der Waals surface area contributed by atoms with Crippen LogP contribution in [0, 0.1) is 5.92 Å². The molecule has 1 saturated carbocycles. The van der Waals surface area contributed by atoms with E-state index < -0.39 is 11.3 Å². The number of nitrogen functional groups attached to an aromatic ring is 1. The van der Waals surface area contributed by atoms with Crippen LogP contribution in [0.5, 0.6) is 0 Å². The quantitative estimate of drug-likeness (QED) is 0.500. The highest BCUT2D eigenvalue weighted by Crippen LogP contribution is 2.37. The minimum Gasteiger partial charge on any atom is -0.398 e. The van der Waals surface area contributed by atoms with E-state index in [0.29, 0.717) is 55.3 Å². The Balaban J connectivity index is 1.44. The van der Waals surface area contributed by atoms with Crippen molar-refractivity contribution in [3.8, 4) is 0 Å². The molecule has 1 aromatic rings. The minimum absolute atomic E-state index is 0.0607. The number of carbonyl (C=O) groups excluding carboxylic acids is 2. The second-order valence-electron chi connectivity index (χ2n) is 8.70. The molecule has 2 amide bonds. The highest BCUT2D eigenvalue weighted by Gasteiger charge is 2.36. The number of amides is 2. The molecule has 6 nitrogen and oxygen atoms in total. The van der Waals surface area contributed by atoms with Crippen molar-refractivity contribution in [2.24, 2.45) is 5.92 Å². The van der Waals surface area contributed by atoms with Crippen molar-refractivity contribution in [3.63, 3.8) is 0 Å². The van der Waals surface area contributed by atoms with E-state index in [0.717, 1.165) is 0 Å². The van der Waals surface area contributed by atoms with Crippen LogP contribution in [0.25, 0.3) is 0 Å². The Hall–Kier alpha value is -1.80. The number of halogens is 3. The Morgan fingerprint density at radius 3 is 2.44 bits per heavy atom. The normalized spacial score (nSPS) is 20.2. The van der Waals surface area contributed by atoms with Crippen LogP contribution >= 0.6 is 11.6 Å². The summed E-state index contributed by atoms with van der Waals surface area (Å²) in [6.07, 6.45) is 0.458. The van der Waals surface area contributed by atoms with Gasteiger partial charge in [0.1, 0.15) is 0 Å². The van der Waals surface area contributed by atoms with Gasteiger partial charge in [-0.2, -0.15) is 0 Å². The van der Waals surface area contributed by atoms with Gasteiger partial charge in [-0.15, -0.1) is 0 Å². The van der Waals surface area contributed by atoms with Crippen molar-refractivity contribution in [1.82, 2.24) is 15.1 Å². The first-order valence-corrected chi connectivity index (χ1v) is 11.2. The highest BCUT2D eigenvalue weighted by molar-refractivity contribution is 6.40. The molecular weight excluding hydrogens is 435 g/mol. The fraction of sp³-hybridized carbons (Fsp3) is 0.619. The molecule has 170 valence electrons. The second kappa shape index (κ2) is 10.00. The zero-order valence-corrected chi connectivity index (χ0v) is 18.7. The molecule has 1 heterocycles. The van der Waals surface area contributed by atoms with Crippen LogP contribution in [0.15, 0.2) is 18.2 Å². The third-order valence-electron chi connectivity index (χ3n) is 6.35. The fourth-order valence-corrected chi connectivity index (χ4v) is 4.47. The van der Waals surface area contributed by atoms with Gasteiger partial charge in [-0.05, 0) is 47.9 Å². The number of hydrogen-bond donors (Lipinski definition) is 2. The molecule has 32 heavy (non-hydrogen) atoms. The summed E-state index contributed by atoms with van der Waals surface area (Å²) < 4.78 is 26.5. The first-order chi connectivity index (χ1) is 15.0. The molecule has 3 N–H and O–H groups in total. The molecule has 0 bridgehead atoms. The maximum Gasteiger partial charge on any atom is 0.248 e. The van der Waals surface area contributed by atoms with E-state index in [1.807, 2.05) is 4.90 Å². The number of alkyl halides is 2. The molecule has 1 aromatic carbocycles. The van der Waals surface area contributed by atoms with Gasteiger partial charge in [0.05, 0.1) is 22.2 Å². The summed E-state index contributed by atoms with van der Waals surface area (Å²) in [6.45, 7) is 1.51. The van der Waals surface area contributed by atoms with E-state index in [1.54, 1.807) is 23.1 Å². The summed E-state index contributed by atoms with van der Waals surface area (Å²) in [6, 6.07) is 4.94. The first-order valence-electron chi connectivity index (χ1n) is 10.8. The van der Waals surface area contributed by atoms with Crippen molar-refractivity contribution >= 4 is 44.8 Å². The number of piperazine rings is 1. The molecule has 3 rings (SSSR count). The summed E-state index contributed by atoms with van der Waals surface area (Å²) in [5, 5.41) is 1.75. The molecule has 1 aliphatic carbocycles. The van der Waals surface area contributed by atoms with Gasteiger partial charge >= 0.3 is 0 Å². The van der Waals surface area contributed by atoms with Crippen LogP contribution in [0.2, 0.25) is 5.02 Å². The average Bonchev–Trinajstić information content (AvgIpc) is 2.75. The number of benzene rings is 1. The van der Waals surface area contributed by atoms with Crippen LogP contribution in [0.1, 0.15) is 37.7 Å². The standard InChI is InChI=1S/C21H27B2ClF2N4O2/c22-21(23,16-12-15(24)1-2-17(16)27)30-9-7-29(8-10-30)19(32)13-28-18(31)11-14-3-5-20(25,26)6-4-14/h1-2,12,14H,3-11,13,27H2,(H,28,31). The van der Waals surface area contributed by atoms with Crippen LogP contribution in [-0.2, 0) is 14.9 Å². The highest BCUT2D eigenvalue weighted by atomic mass is 35.5. The number of carbonyl (C=O) groups is 2. The van der Waals surface area contributed by atoms with Crippen molar-refractivity contribution in [2.45, 2.75) is 43.4 Å².